The monoisotopic (exact) mass is 493 g/mol. The van der Waals surface area contributed by atoms with Gasteiger partial charge in [0.2, 0.25) is 21.9 Å². The summed E-state index contributed by atoms with van der Waals surface area (Å²) in [6, 6.07) is 5.36. The average molecular weight is 494 g/mol. The second-order valence-electron chi connectivity index (χ2n) is 7.64. The molecule has 3 aromatic rings. The van der Waals surface area contributed by atoms with Crippen molar-refractivity contribution in [1.29, 1.82) is 0 Å². The molecule has 1 N–H and O–H groups in total. The minimum Gasteiger partial charge on any atom is -0.481 e. The molecule has 0 radical (unpaired) electrons. The third-order valence-electron chi connectivity index (χ3n) is 5.60. The maximum atomic E-state index is 13.3. The van der Waals surface area contributed by atoms with Gasteiger partial charge in [0.1, 0.15) is 17.0 Å². The van der Waals surface area contributed by atoms with Crippen LogP contribution in [0.3, 0.4) is 0 Å². The van der Waals surface area contributed by atoms with Gasteiger partial charge in [-0.25, -0.2) is 23.4 Å². The van der Waals surface area contributed by atoms with E-state index in [9.17, 15) is 8.42 Å². The molecule has 176 valence electrons. The van der Waals surface area contributed by atoms with Gasteiger partial charge in [-0.1, -0.05) is 17.7 Å². The summed E-state index contributed by atoms with van der Waals surface area (Å²) in [4.78, 5) is 12.6. The van der Waals surface area contributed by atoms with Gasteiger partial charge < -0.3 is 9.47 Å². The van der Waals surface area contributed by atoms with E-state index < -0.39 is 21.4 Å². The molecule has 0 aliphatic heterocycles. The Hall–Kier alpha value is -2.83. The number of nitrogens with zero attached hydrogens (tertiary/aromatic N) is 6. The number of halogens is 1. The van der Waals surface area contributed by atoms with E-state index in [-0.39, 0.29) is 17.8 Å². The Kier molecular flexibility index (Phi) is 6.77. The Bertz CT molecular complexity index is 1220. The van der Waals surface area contributed by atoms with Gasteiger partial charge in [-0.15, -0.1) is 10.2 Å². The summed E-state index contributed by atoms with van der Waals surface area (Å²) in [5.74, 6) is 1.23. The first-order valence-electron chi connectivity index (χ1n) is 10.3. The van der Waals surface area contributed by atoms with Crippen molar-refractivity contribution in [2.24, 2.45) is 0 Å². The largest absolute Gasteiger partial charge is 0.481 e. The summed E-state index contributed by atoms with van der Waals surface area (Å²) in [7, 11) is -1.03. The van der Waals surface area contributed by atoms with Crippen molar-refractivity contribution in [3.63, 3.8) is 0 Å². The first-order chi connectivity index (χ1) is 15.8. The fraction of sp³-hybridized carbons (Fsp3) is 0.450. The Morgan fingerprint density at radius 3 is 2.52 bits per heavy atom. The fourth-order valence-corrected chi connectivity index (χ4v) is 4.77. The van der Waals surface area contributed by atoms with Gasteiger partial charge in [0, 0.05) is 31.6 Å². The first-order valence-corrected chi connectivity index (χ1v) is 12.2. The van der Waals surface area contributed by atoms with E-state index in [1.165, 1.54) is 33.5 Å². The summed E-state index contributed by atoms with van der Waals surface area (Å²) < 4.78 is 41.6. The lowest BCUT2D eigenvalue weighted by Gasteiger charge is -2.29. The number of ether oxygens (including phenoxy) is 2. The Balaban J connectivity index is 1.66. The molecule has 1 aliphatic rings. The molecular weight excluding hydrogens is 470 g/mol. The molecule has 0 bridgehead atoms. The SMILES string of the molecule is COc1cccc(-c2nnc(NS(=O)(=O)C(C)C(OC)c3ncc(Cl)cn3)n2C2CCC2)n1. The molecule has 4 rings (SSSR count). The van der Waals surface area contributed by atoms with Crippen molar-refractivity contribution >= 4 is 27.6 Å². The zero-order valence-corrected chi connectivity index (χ0v) is 19.9. The van der Waals surface area contributed by atoms with Gasteiger partial charge in [0.05, 0.1) is 12.1 Å². The van der Waals surface area contributed by atoms with E-state index in [2.05, 4.69) is 29.9 Å². The van der Waals surface area contributed by atoms with Crippen LogP contribution < -0.4 is 9.46 Å². The van der Waals surface area contributed by atoms with Crippen molar-refractivity contribution < 1.29 is 17.9 Å². The third kappa shape index (κ3) is 4.77. The van der Waals surface area contributed by atoms with Crippen LogP contribution in [-0.4, -0.2) is 57.6 Å². The second kappa shape index (κ2) is 9.57. The molecule has 3 heterocycles. The fourth-order valence-electron chi connectivity index (χ4n) is 3.54. The molecule has 1 fully saturated rings. The number of methoxy groups -OCH3 is 2. The number of aromatic nitrogens is 6. The summed E-state index contributed by atoms with van der Waals surface area (Å²) in [6.45, 7) is 1.52. The minimum absolute atomic E-state index is 0.0637. The van der Waals surface area contributed by atoms with Crippen LogP contribution in [0, 0.1) is 0 Å². The van der Waals surface area contributed by atoms with E-state index in [0.717, 1.165) is 19.3 Å². The smallest absolute Gasteiger partial charge is 0.240 e. The molecule has 1 saturated carbocycles. The maximum Gasteiger partial charge on any atom is 0.240 e. The summed E-state index contributed by atoms with van der Waals surface area (Å²) in [6.07, 6.45) is 4.68. The molecule has 1 aliphatic carbocycles. The van der Waals surface area contributed by atoms with Crippen LogP contribution in [0.1, 0.15) is 44.2 Å². The van der Waals surface area contributed by atoms with Crippen molar-refractivity contribution in [3.05, 3.63) is 41.4 Å². The second-order valence-corrected chi connectivity index (χ2v) is 10.1. The molecule has 0 amide bonds. The number of anilines is 1. The molecule has 2 atom stereocenters. The third-order valence-corrected chi connectivity index (χ3v) is 7.48. The summed E-state index contributed by atoms with van der Waals surface area (Å²) in [5.41, 5.74) is 0.538. The van der Waals surface area contributed by atoms with Crippen LogP contribution in [0.5, 0.6) is 5.88 Å². The van der Waals surface area contributed by atoms with E-state index in [1.54, 1.807) is 22.8 Å². The van der Waals surface area contributed by atoms with Gasteiger partial charge in [-0.05, 0) is 32.3 Å². The highest BCUT2D eigenvalue weighted by atomic mass is 35.5. The minimum atomic E-state index is -3.96. The number of pyridine rings is 1. The predicted molar refractivity (Wildman–Crippen MR) is 121 cm³/mol. The van der Waals surface area contributed by atoms with Gasteiger partial charge in [0.25, 0.3) is 0 Å². The number of hydrogen-bond acceptors (Lipinski definition) is 9. The predicted octanol–water partition coefficient (Wildman–Crippen LogP) is 3.04. The molecule has 13 heteroatoms. The lowest BCUT2D eigenvalue weighted by molar-refractivity contribution is 0.0950. The Morgan fingerprint density at radius 2 is 1.91 bits per heavy atom. The van der Waals surface area contributed by atoms with E-state index in [0.29, 0.717) is 22.4 Å². The van der Waals surface area contributed by atoms with Crippen LogP contribution >= 0.6 is 11.6 Å². The zero-order chi connectivity index (χ0) is 23.6. The quantitative estimate of drug-likeness (QED) is 0.477. The highest BCUT2D eigenvalue weighted by Gasteiger charge is 2.35. The number of hydrogen-bond donors (Lipinski definition) is 1. The molecule has 2 unspecified atom stereocenters. The molecule has 0 aromatic carbocycles. The van der Waals surface area contributed by atoms with E-state index >= 15 is 0 Å². The maximum absolute atomic E-state index is 13.3. The number of rotatable bonds is 9. The van der Waals surface area contributed by atoms with Crippen molar-refractivity contribution in [1.82, 2.24) is 29.7 Å². The first kappa shape index (κ1) is 23.3. The highest BCUT2D eigenvalue weighted by molar-refractivity contribution is 7.93. The van der Waals surface area contributed by atoms with Crippen LogP contribution in [0.15, 0.2) is 30.6 Å². The van der Waals surface area contributed by atoms with Crippen molar-refractivity contribution in [3.8, 4) is 17.4 Å². The molecule has 11 nitrogen and oxygen atoms in total. The van der Waals surface area contributed by atoms with E-state index in [4.69, 9.17) is 21.1 Å². The van der Waals surface area contributed by atoms with Crippen LogP contribution in [0.25, 0.3) is 11.5 Å². The lowest BCUT2D eigenvalue weighted by Crippen LogP contribution is -2.34. The molecule has 33 heavy (non-hydrogen) atoms. The van der Waals surface area contributed by atoms with Gasteiger partial charge in [-0.3, -0.25) is 9.29 Å². The Morgan fingerprint density at radius 1 is 1.18 bits per heavy atom. The van der Waals surface area contributed by atoms with Gasteiger partial charge >= 0.3 is 0 Å². The van der Waals surface area contributed by atoms with Crippen LogP contribution in [0.4, 0.5) is 5.95 Å². The number of sulfonamides is 1. The molecule has 0 saturated heterocycles. The van der Waals surface area contributed by atoms with E-state index in [1.807, 2.05) is 0 Å². The molecule has 3 aromatic heterocycles. The topological polar surface area (TPSA) is 134 Å². The highest BCUT2D eigenvalue weighted by Crippen LogP contribution is 2.37. The van der Waals surface area contributed by atoms with Gasteiger partial charge in [-0.2, -0.15) is 0 Å². The Labute approximate surface area is 196 Å². The van der Waals surface area contributed by atoms with Crippen molar-refractivity contribution in [2.75, 3.05) is 18.9 Å². The average Bonchev–Trinajstić information content (AvgIpc) is 3.16. The zero-order valence-electron chi connectivity index (χ0n) is 18.3. The van der Waals surface area contributed by atoms with Crippen LogP contribution in [-0.2, 0) is 14.8 Å². The molecule has 0 spiro atoms. The number of nitrogens with one attached hydrogen (secondary N) is 1. The lowest BCUT2D eigenvalue weighted by atomic mass is 9.93. The van der Waals surface area contributed by atoms with Crippen molar-refractivity contribution in [2.45, 2.75) is 43.6 Å². The van der Waals surface area contributed by atoms with Crippen LogP contribution in [0.2, 0.25) is 5.02 Å². The normalized spacial score (nSPS) is 16.1. The molecular formula is C20H24ClN7O4S. The van der Waals surface area contributed by atoms with Gasteiger partial charge in [0.15, 0.2) is 11.6 Å². The summed E-state index contributed by atoms with van der Waals surface area (Å²) >= 11 is 5.85. The summed E-state index contributed by atoms with van der Waals surface area (Å²) in [5, 5.41) is 7.69. The standard InChI is InChI=1S/C20H24ClN7O4S/c1-12(17(32-3)18-22-10-13(21)11-23-18)33(29,30)27-20-26-25-19(28(20)14-6-4-7-14)15-8-5-9-16(24-15)31-2/h5,8-12,14,17H,4,6-7H2,1-3H3,(H,26,27).